The maximum absolute atomic E-state index is 13.2. The molecule has 1 spiro atoms. The lowest BCUT2D eigenvalue weighted by molar-refractivity contribution is -0.121. The van der Waals surface area contributed by atoms with Gasteiger partial charge in [-0.1, -0.05) is 38.2 Å². The Hall–Kier alpha value is -1.85. The molecule has 0 amide bonds. The van der Waals surface area contributed by atoms with Crippen molar-refractivity contribution in [2.45, 2.75) is 76.0 Å². The number of ketones is 1. The molecule has 3 fully saturated rings. The van der Waals surface area contributed by atoms with Gasteiger partial charge in [0.2, 0.25) is 0 Å². The molecule has 6 heteroatoms. The van der Waals surface area contributed by atoms with E-state index in [-0.39, 0.29) is 24.4 Å². The fourth-order valence-corrected chi connectivity index (χ4v) is 6.50. The second-order valence-electron chi connectivity index (χ2n) is 9.87. The molecule has 2 aliphatic heterocycles. The topological polar surface area (TPSA) is 60.3 Å². The summed E-state index contributed by atoms with van der Waals surface area (Å²) in [6.45, 7) is 0.965. The number of hydrogen-bond donors (Lipinski definition) is 1. The van der Waals surface area contributed by atoms with Crippen molar-refractivity contribution in [2.75, 3.05) is 6.54 Å². The molecule has 166 valence electrons. The van der Waals surface area contributed by atoms with Crippen LogP contribution in [0, 0.1) is 11.8 Å². The van der Waals surface area contributed by atoms with Crippen LogP contribution in [0.15, 0.2) is 24.3 Å². The second kappa shape index (κ2) is 7.93. The van der Waals surface area contributed by atoms with Crippen LogP contribution in [-0.4, -0.2) is 28.9 Å². The largest absolute Gasteiger partial charge is 0.434 e. The van der Waals surface area contributed by atoms with Gasteiger partial charge in [-0.05, 0) is 55.0 Å². The summed E-state index contributed by atoms with van der Waals surface area (Å²) in [5.74, 6) is 1.33. The number of carbonyl (C=O) groups is 2. The molecule has 0 bridgehead atoms. The van der Waals surface area contributed by atoms with E-state index in [2.05, 4.69) is 28.1 Å². The number of halogens is 1. The van der Waals surface area contributed by atoms with Gasteiger partial charge in [-0.15, -0.1) is 12.4 Å². The number of benzene rings is 1. The molecule has 0 radical (unpaired) electrons. The number of esters is 1. The summed E-state index contributed by atoms with van der Waals surface area (Å²) in [5.41, 5.74) is 2.30. The van der Waals surface area contributed by atoms with E-state index in [0.29, 0.717) is 29.7 Å². The van der Waals surface area contributed by atoms with E-state index in [0.717, 1.165) is 48.7 Å². The monoisotopic (exact) mass is 442 g/mol. The van der Waals surface area contributed by atoms with Crippen LogP contribution in [0.25, 0.3) is 10.9 Å². The van der Waals surface area contributed by atoms with Gasteiger partial charge < -0.3 is 10.1 Å². The maximum atomic E-state index is 13.2. The number of aromatic nitrogens is 1. The fraction of sp³-hybridized carbons (Fsp3) is 0.600. The molecule has 1 aromatic heterocycles. The third kappa shape index (κ3) is 3.32. The standard InChI is InChI=1S/C25H30N2O3.ClH/c28-22(23-19(9-12-26-23)17-5-2-1-3-6-17)14-16-7-8-20-18(13-16)15-21-24(29)30-25(27(20)21)10-4-11-25;/h7-8,13,15,17,19,23,26H,1-6,9-12,14H2;1H/t19-,23-;/m0./s1. The highest BCUT2D eigenvalue weighted by Crippen LogP contribution is 2.48. The Morgan fingerprint density at radius 1 is 1.10 bits per heavy atom. The Morgan fingerprint density at radius 3 is 2.65 bits per heavy atom. The van der Waals surface area contributed by atoms with Crippen molar-refractivity contribution in [3.63, 3.8) is 0 Å². The molecule has 1 saturated heterocycles. The van der Waals surface area contributed by atoms with Gasteiger partial charge in [0.05, 0.1) is 11.6 Å². The Balaban J connectivity index is 0.00000204. The predicted molar refractivity (Wildman–Crippen MR) is 122 cm³/mol. The Bertz CT molecular complexity index is 1020. The zero-order valence-corrected chi connectivity index (χ0v) is 18.7. The summed E-state index contributed by atoms with van der Waals surface area (Å²) in [6, 6.07) is 8.19. The minimum Gasteiger partial charge on any atom is -0.434 e. The molecule has 5 nitrogen and oxygen atoms in total. The molecule has 6 rings (SSSR count). The van der Waals surface area contributed by atoms with Crippen LogP contribution in [0.4, 0.5) is 0 Å². The van der Waals surface area contributed by atoms with E-state index in [1.54, 1.807) is 0 Å². The highest BCUT2D eigenvalue weighted by atomic mass is 35.5. The molecule has 4 aliphatic rings. The van der Waals surface area contributed by atoms with Crippen molar-refractivity contribution >= 4 is 35.1 Å². The minimum atomic E-state index is -0.452. The Kier molecular flexibility index (Phi) is 5.38. The molecular formula is C25H31ClN2O3. The van der Waals surface area contributed by atoms with Gasteiger partial charge in [0, 0.05) is 24.6 Å². The Morgan fingerprint density at radius 2 is 1.90 bits per heavy atom. The molecule has 2 saturated carbocycles. The zero-order valence-electron chi connectivity index (χ0n) is 17.9. The lowest BCUT2D eigenvalue weighted by Crippen LogP contribution is -2.40. The first-order valence-corrected chi connectivity index (χ1v) is 11.8. The van der Waals surface area contributed by atoms with Crippen molar-refractivity contribution in [1.29, 1.82) is 0 Å². The number of hydrogen-bond acceptors (Lipinski definition) is 4. The number of carbonyl (C=O) groups excluding carboxylic acids is 2. The van der Waals surface area contributed by atoms with Gasteiger partial charge in [0.25, 0.3) is 0 Å². The zero-order chi connectivity index (χ0) is 20.3. The SMILES string of the molecule is Cl.O=C1OC2(CCC2)n2c1cc1cc(CC(=O)[C@H]3NCC[C@H]3C3CCCCC3)ccc12. The minimum absolute atomic E-state index is 0. The Labute approximate surface area is 189 Å². The first kappa shape index (κ1) is 21.0. The number of Topliss-reactive ketones (excluding diaryl/α,β-unsaturated/α-hetero) is 1. The molecule has 1 aromatic carbocycles. The van der Waals surface area contributed by atoms with Gasteiger partial charge in [-0.3, -0.25) is 9.36 Å². The number of fused-ring (bicyclic) bond motifs is 4. The van der Waals surface area contributed by atoms with Crippen molar-refractivity contribution in [2.24, 2.45) is 11.8 Å². The van der Waals surface area contributed by atoms with Crippen LogP contribution in [-0.2, 0) is 21.7 Å². The maximum Gasteiger partial charge on any atom is 0.357 e. The summed E-state index contributed by atoms with van der Waals surface area (Å²) in [5, 5.41) is 4.55. The lowest BCUT2D eigenvalue weighted by Gasteiger charge is -2.38. The summed E-state index contributed by atoms with van der Waals surface area (Å²) in [7, 11) is 0. The van der Waals surface area contributed by atoms with Gasteiger partial charge in [0.15, 0.2) is 11.5 Å². The van der Waals surface area contributed by atoms with Crippen LogP contribution in [0.1, 0.15) is 73.8 Å². The number of rotatable bonds is 4. The third-order valence-corrected chi connectivity index (χ3v) is 8.15. The van der Waals surface area contributed by atoms with Gasteiger partial charge in [-0.25, -0.2) is 4.79 Å². The third-order valence-electron chi connectivity index (χ3n) is 8.15. The molecule has 0 unspecified atom stereocenters. The number of nitrogens with zero attached hydrogens (tertiary/aromatic N) is 1. The molecule has 3 heterocycles. The molecule has 2 atom stereocenters. The molecule has 2 aromatic rings. The van der Waals surface area contributed by atoms with E-state index >= 15 is 0 Å². The average Bonchev–Trinajstić information content (AvgIpc) is 3.42. The predicted octanol–water partition coefficient (Wildman–Crippen LogP) is 4.74. The van der Waals surface area contributed by atoms with E-state index in [1.165, 1.54) is 32.1 Å². The van der Waals surface area contributed by atoms with E-state index in [4.69, 9.17) is 4.74 Å². The smallest absolute Gasteiger partial charge is 0.357 e. The van der Waals surface area contributed by atoms with Crippen molar-refractivity contribution in [1.82, 2.24) is 9.88 Å². The summed E-state index contributed by atoms with van der Waals surface area (Å²) < 4.78 is 7.79. The molecule has 31 heavy (non-hydrogen) atoms. The molecular weight excluding hydrogens is 412 g/mol. The van der Waals surface area contributed by atoms with Crippen molar-refractivity contribution in [3.05, 3.63) is 35.5 Å². The average molecular weight is 443 g/mol. The van der Waals surface area contributed by atoms with E-state index in [9.17, 15) is 9.59 Å². The van der Waals surface area contributed by atoms with Crippen LogP contribution < -0.4 is 5.32 Å². The van der Waals surface area contributed by atoms with Gasteiger partial charge in [-0.2, -0.15) is 0 Å². The van der Waals surface area contributed by atoms with Crippen LogP contribution >= 0.6 is 12.4 Å². The van der Waals surface area contributed by atoms with Crippen molar-refractivity contribution in [3.8, 4) is 0 Å². The van der Waals surface area contributed by atoms with E-state index in [1.807, 2.05) is 6.07 Å². The van der Waals surface area contributed by atoms with Crippen molar-refractivity contribution < 1.29 is 14.3 Å². The van der Waals surface area contributed by atoms with Gasteiger partial charge >= 0.3 is 5.97 Å². The second-order valence-corrected chi connectivity index (χ2v) is 9.87. The molecule has 1 N–H and O–H groups in total. The highest BCUT2D eigenvalue weighted by Gasteiger charge is 2.50. The summed E-state index contributed by atoms with van der Waals surface area (Å²) in [4.78, 5) is 25.6. The number of ether oxygens (including phenoxy) is 1. The fourth-order valence-electron chi connectivity index (χ4n) is 6.50. The first-order chi connectivity index (χ1) is 14.6. The summed E-state index contributed by atoms with van der Waals surface area (Å²) >= 11 is 0. The highest BCUT2D eigenvalue weighted by molar-refractivity contribution is 5.98. The summed E-state index contributed by atoms with van der Waals surface area (Å²) in [6.07, 6.45) is 11.1. The quantitative estimate of drug-likeness (QED) is 0.694. The van der Waals surface area contributed by atoms with Crippen LogP contribution in [0.5, 0.6) is 0 Å². The van der Waals surface area contributed by atoms with Crippen LogP contribution in [0.3, 0.4) is 0 Å². The lowest BCUT2D eigenvalue weighted by atomic mass is 9.75. The normalized spacial score (nSPS) is 27.0. The van der Waals surface area contributed by atoms with Gasteiger partial charge in [0.1, 0.15) is 5.69 Å². The van der Waals surface area contributed by atoms with Crippen LogP contribution in [0.2, 0.25) is 0 Å². The molecule has 2 aliphatic carbocycles. The van der Waals surface area contributed by atoms with E-state index < -0.39 is 5.72 Å². The number of nitrogens with one attached hydrogen (secondary N) is 1. The first-order valence-electron chi connectivity index (χ1n) is 11.8.